The van der Waals surface area contributed by atoms with E-state index in [0.29, 0.717) is 12.2 Å². The van der Waals surface area contributed by atoms with Gasteiger partial charge in [0, 0.05) is 37.6 Å². The summed E-state index contributed by atoms with van der Waals surface area (Å²) >= 11 is 0. The highest BCUT2D eigenvalue weighted by molar-refractivity contribution is 6.03. The van der Waals surface area contributed by atoms with E-state index >= 15 is 0 Å². The molecule has 7 heteroatoms. The van der Waals surface area contributed by atoms with Crippen LogP contribution in [0.5, 0.6) is 0 Å². The summed E-state index contributed by atoms with van der Waals surface area (Å²) in [5.41, 5.74) is 1.90. The van der Waals surface area contributed by atoms with Gasteiger partial charge in [0.2, 0.25) is 11.8 Å². The molecule has 2 heterocycles. The number of benzene rings is 2. The van der Waals surface area contributed by atoms with Gasteiger partial charge in [-0.1, -0.05) is 24.3 Å². The summed E-state index contributed by atoms with van der Waals surface area (Å²) in [6.45, 7) is 0.813. The Balaban J connectivity index is 1.43. The minimum atomic E-state index is -0.524. The van der Waals surface area contributed by atoms with Gasteiger partial charge in [-0.2, -0.15) is 0 Å². The van der Waals surface area contributed by atoms with Crippen LogP contribution in [0.3, 0.4) is 0 Å². The van der Waals surface area contributed by atoms with Crippen molar-refractivity contribution in [2.24, 2.45) is 5.92 Å². The van der Waals surface area contributed by atoms with Crippen LogP contribution in [-0.4, -0.2) is 27.9 Å². The summed E-state index contributed by atoms with van der Waals surface area (Å²) in [7, 11) is 0. The van der Waals surface area contributed by atoms with Gasteiger partial charge >= 0.3 is 0 Å². The van der Waals surface area contributed by atoms with Crippen LogP contribution in [0.2, 0.25) is 0 Å². The van der Waals surface area contributed by atoms with Crippen molar-refractivity contribution in [2.45, 2.75) is 13.0 Å². The van der Waals surface area contributed by atoms with Crippen molar-refractivity contribution in [2.75, 3.05) is 16.8 Å². The van der Waals surface area contributed by atoms with Gasteiger partial charge in [0.25, 0.3) is 0 Å². The number of amides is 2. The molecule has 6 nitrogen and oxygen atoms in total. The summed E-state index contributed by atoms with van der Waals surface area (Å²) in [5, 5.41) is 2.87. The van der Waals surface area contributed by atoms with Crippen molar-refractivity contribution < 1.29 is 14.0 Å². The van der Waals surface area contributed by atoms with Crippen molar-refractivity contribution in [3.8, 4) is 0 Å². The first kappa shape index (κ1) is 17.9. The maximum atomic E-state index is 14.0. The highest BCUT2D eigenvalue weighted by Crippen LogP contribution is 2.28. The maximum absolute atomic E-state index is 14.0. The van der Waals surface area contributed by atoms with Crippen LogP contribution in [0.4, 0.5) is 15.8 Å². The lowest BCUT2D eigenvalue weighted by Crippen LogP contribution is -2.28. The quantitative estimate of drug-likeness (QED) is 0.742. The van der Waals surface area contributed by atoms with E-state index < -0.39 is 11.7 Å². The summed E-state index contributed by atoms with van der Waals surface area (Å²) in [6.07, 6.45) is 5.37. The molecular weight excluding hydrogens is 359 g/mol. The van der Waals surface area contributed by atoms with E-state index in [9.17, 15) is 14.0 Å². The molecule has 142 valence electrons. The number of nitrogens with one attached hydrogen (secondary N) is 1. The first-order valence-electron chi connectivity index (χ1n) is 9.00. The third kappa shape index (κ3) is 3.78. The van der Waals surface area contributed by atoms with E-state index in [1.54, 1.807) is 36.8 Å². The Morgan fingerprint density at radius 1 is 1.21 bits per heavy atom. The van der Waals surface area contributed by atoms with Gasteiger partial charge in [-0.3, -0.25) is 9.59 Å². The molecule has 1 N–H and O–H groups in total. The lowest BCUT2D eigenvalue weighted by molar-refractivity contribution is -0.122. The zero-order valence-electron chi connectivity index (χ0n) is 15.1. The topological polar surface area (TPSA) is 67.2 Å². The van der Waals surface area contributed by atoms with Crippen molar-refractivity contribution in [3.63, 3.8) is 0 Å². The third-order valence-corrected chi connectivity index (χ3v) is 4.76. The molecule has 2 aromatic carbocycles. The summed E-state index contributed by atoms with van der Waals surface area (Å²) < 4.78 is 15.9. The second kappa shape index (κ2) is 7.64. The lowest BCUT2D eigenvalue weighted by atomic mass is 10.1. The van der Waals surface area contributed by atoms with E-state index in [0.717, 1.165) is 5.56 Å². The third-order valence-electron chi connectivity index (χ3n) is 4.76. The number of imidazole rings is 1. The van der Waals surface area contributed by atoms with Crippen LogP contribution in [0, 0.1) is 11.7 Å². The molecule has 2 amide bonds. The van der Waals surface area contributed by atoms with Gasteiger partial charge in [0.1, 0.15) is 5.82 Å². The van der Waals surface area contributed by atoms with Crippen LogP contribution < -0.4 is 10.2 Å². The first-order chi connectivity index (χ1) is 13.6. The maximum Gasteiger partial charge on any atom is 0.229 e. The molecule has 0 radical (unpaired) electrons. The fourth-order valence-corrected chi connectivity index (χ4v) is 3.37. The van der Waals surface area contributed by atoms with E-state index in [-0.39, 0.29) is 30.5 Å². The molecule has 0 aliphatic carbocycles. The van der Waals surface area contributed by atoms with E-state index in [2.05, 4.69) is 10.3 Å². The Morgan fingerprint density at radius 2 is 2.07 bits per heavy atom. The van der Waals surface area contributed by atoms with Crippen molar-refractivity contribution in [1.82, 2.24) is 9.55 Å². The number of anilines is 2. The molecule has 1 atom stereocenters. The van der Waals surface area contributed by atoms with Gasteiger partial charge in [0.15, 0.2) is 0 Å². The first-order valence-corrected chi connectivity index (χ1v) is 9.00. The average Bonchev–Trinajstić information content (AvgIpc) is 3.32. The Kier molecular flexibility index (Phi) is 4.89. The number of carbonyl (C=O) groups is 2. The van der Waals surface area contributed by atoms with Gasteiger partial charge in [-0.15, -0.1) is 0 Å². The van der Waals surface area contributed by atoms with Crippen molar-refractivity contribution in [3.05, 3.63) is 78.6 Å². The molecule has 1 aliphatic heterocycles. The fourth-order valence-electron chi connectivity index (χ4n) is 3.37. The molecule has 28 heavy (non-hydrogen) atoms. The Hall–Kier alpha value is -3.48. The molecule has 3 aromatic rings. The Labute approximate surface area is 161 Å². The predicted octanol–water partition coefficient (Wildman–Crippen LogP) is 3.06. The molecule has 1 unspecified atom stereocenters. The molecule has 4 rings (SSSR count). The summed E-state index contributed by atoms with van der Waals surface area (Å²) in [4.78, 5) is 30.3. The molecule has 0 saturated carbocycles. The van der Waals surface area contributed by atoms with Crippen LogP contribution in [-0.2, 0) is 16.1 Å². The lowest BCUT2D eigenvalue weighted by Gasteiger charge is -2.17. The number of nitrogens with zero attached hydrogens (tertiary/aromatic N) is 3. The highest BCUT2D eigenvalue weighted by Gasteiger charge is 2.36. The molecule has 1 aliphatic rings. The SMILES string of the molecule is O=C(Nc1cccc(Cn2ccnc2)c1)C1CC(=O)N(c2ccccc2F)C1. The number of rotatable bonds is 5. The number of hydrogen-bond donors (Lipinski definition) is 1. The standard InChI is InChI=1S/C21H19FN4O2/c22-18-6-1-2-7-19(18)26-13-16(11-20(26)27)21(28)24-17-5-3-4-15(10-17)12-25-9-8-23-14-25/h1-10,14,16H,11-13H2,(H,24,28). The number of hydrogen-bond acceptors (Lipinski definition) is 3. The number of halogens is 1. The summed E-state index contributed by atoms with van der Waals surface area (Å²) in [6, 6.07) is 13.6. The molecule has 0 spiro atoms. The van der Waals surface area contributed by atoms with Crippen molar-refractivity contribution >= 4 is 23.2 Å². The zero-order chi connectivity index (χ0) is 19.5. The molecule has 1 aromatic heterocycles. The van der Waals surface area contributed by atoms with E-state index in [1.807, 2.05) is 29.0 Å². The minimum absolute atomic E-state index is 0.0644. The minimum Gasteiger partial charge on any atom is -0.333 e. The van der Waals surface area contributed by atoms with Crippen LogP contribution in [0.15, 0.2) is 67.3 Å². The number of para-hydroxylation sites is 1. The molecule has 1 fully saturated rings. The monoisotopic (exact) mass is 378 g/mol. The van der Waals surface area contributed by atoms with Crippen LogP contribution in [0.25, 0.3) is 0 Å². The van der Waals surface area contributed by atoms with Gasteiger partial charge in [-0.25, -0.2) is 9.37 Å². The Bertz CT molecular complexity index is 1000. The fraction of sp³-hybridized carbons (Fsp3) is 0.190. The predicted molar refractivity (Wildman–Crippen MR) is 103 cm³/mol. The van der Waals surface area contributed by atoms with Crippen LogP contribution >= 0.6 is 0 Å². The van der Waals surface area contributed by atoms with Gasteiger partial charge < -0.3 is 14.8 Å². The normalized spacial score (nSPS) is 16.4. The molecular formula is C21H19FN4O2. The smallest absolute Gasteiger partial charge is 0.229 e. The average molecular weight is 378 g/mol. The molecule has 0 bridgehead atoms. The Morgan fingerprint density at radius 3 is 2.86 bits per heavy atom. The summed E-state index contributed by atoms with van der Waals surface area (Å²) in [5.74, 6) is -1.49. The number of aromatic nitrogens is 2. The zero-order valence-corrected chi connectivity index (χ0v) is 15.1. The second-order valence-electron chi connectivity index (χ2n) is 6.78. The molecule has 1 saturated heterocycles. The van der Waals surface area contributed by atoms with E-state index in [4.69, 9.17) is 0 Å². The van der Waals surface area contributed by atoms with Crippen molar-refractivity contribution in [1.29, 1.82) is 0 Å². The van der Waals surface area contributed by atoms with Gasteiger partial charge in [0.05, 0.1) is 17.9 Å². The largest absolute Gasteiger partial charge is 0.333 e. The van der Waals surface area contributed by atoms with Gasteiger partial charge in [-0.05, 0) is 29.8 Å². The second-order valence-corrected chi connectivity index (χ2v) is 6.78. The van der Waals surface area contributed by atoms with Crippen LogP contribution in [0.1, 0.15) is 12.0 Å². The highest BCUT2D eigenvalue weighted by atomic mass is 19.1. The van der Waals surface area contributed by atoms with E-state index in [1.165, 1.54) is 11.0 Å². The number of carbonyl (C=O) groups excluding carboxylic acids is 2.